The van der Waals surface area contributed by atoms with Crippen LogP contribution in [0.4, 0.5) is 0 Å². The molecular formula is C6H13S6+. The van der Waals surface area contributed by atoms with Gasteiger partial charge in [-0.15, -0.1) is 11.8 Å². The second kappa shape index (κ2) is 7.40. The van der Waals surface area contributed by atoms with E-state index in [9.17, 15) is 0 Å². The van der Waals surface area contributed by atoms with Gasteiger partial charge in [-0.05, 0) is 0 Å². The number of hydrogen-bond donors (Lipinski definition) is 2. The number of hydrogen-bond acceptors (Lipinski definition) is 5. The standard InChI is InChI=1S/C6H12S6/c7-3-10-6-1-2-9-5-12(6)11-4-8/h6H,1-5H2,(H-,7,8)/p+1. The van der Waals surface area contributed by atoms with Gasteiger partial charge in [0.15, 0.2) is 9.67 Å². The van der Waals surface area contributed by atoms with Gasteiger partial charge in [0, 0.05) is 17.3 Å². The summed E-state index contributed by atoms with van der Waals surface area (Å²) in [7, 11) is 2.55. The minimum atomic E-state index is 0.535. The van der Waals surface area contributed by atoms with Crippen LogP contribution in [0.5, 0.6) is 0 Å². The molecule has 0 radical (unpaired) electrons. The van der Waals surface area contributed by atoms with Gasteiger partial charge in [-0.25, -0.2) is 0 Å². The van der Waals surface area contributed by atoms with E-state index in [0.29, 0.717) is 9.93 Å². The van der Waals surface area contributed by atoms with Crippen LogP contribution in [-0.4, -0.2) is 25.6 Å². The van der Waals surface area contributed by atoms with E-state index in [1.807, 2.05) is 22.6 Å². The Morgan fingerprint density at radius 2 is 2.25 bits per heavy atom. The van der Waals surface area contributed by atoms with Crippen LogP contribution in [0.2, 0.25) is 0 Å². The lowest BCUT2D eigenvalue weighted by Crippen LogP contribution is -2.22. The number of thioether (sulfide) groups is 2. The topological polar surface area (TPSA) is 0 Å². The van der Waals surface area contributed by atoms with Crippen LogP contribution < -0.4 is 0 Å². The van der Waals surface area contributed by atoms with Crippen molar-refractivity contribution in [2.24, 2.45) is 0 Å². The van der Waals surface area contributed by atoms with Crippen molar-refractivity contribution in [3.63, 3.8) is 0 Å². The fourth-order valence-electron chi connectivity index (χ4n) is 0.948. The van der Waals surface area contributed by atoms with E-state index in [1.54, 1.807) is 0 Å². The van der Waals surface area contributed by atoms with Gasteiger partial charge in [0.05, 0.1) is 15.0 Å². The molecule has 1 saturated heterocycles. The van der Waals surface area contributed by atoms with Gasteiger partial charge >= 0.3 is 0 Å². The van der Waals surface area contributed by atoms with Crippen LogP contribution in [0, 0.1) is 0 Å². The maximum atomic E-state index is 4.27. The number of thiol groups is 2. The molecule has 0 bridgehead atoms. The smallest absolute Gasteiger partial charge is 0.168 e. The van der Waals surface area contributed by atoms with Crippen molar-refractivity contribution in [1.29, 1.82) is 0 Å². The van der Waals surface area contributed by atoms with Crippen molar-refractivity contribution in [3.8, 4) is 0 Å². The van der Waals surface area contributed by atoms with Gasteiger partial charge in [-0.3, -0.25) is 0 Å². The fraction of sp³-hybridized carbons (Fsp3) is 1.00. The predicted octanol–water partition coefficient (Wildman–Crippen LogP) is 3.18. The molecule has 1 aliphatic heterocycles. The van der Waals surface area contributed by atoms with Crippen molar-refractivity contribution >= 4 is 69.5 Å². The third-order valence-corrected chi connectivity index (χ3v) is 11.2. The summed E-state index contributed by atoms with van der Waals surface area (Å²) in [6.07, 6.45) is 1.36. The van der Waals surface area contributed by atoms with Crippen LogP contribution in [-0.2, 0) is 9.93 Å². The van der Waals surface area contributed by atoms with Crippen LogP contribution in [0.15, 0.2) is 0 Å². The first-order valence-electron chi connectivity index (χ1n) is 3.62. The Morgan fingerprint density at radius 3 is 2.92 bits per heavy atom. The summed E-state index contributed by atoms with van der Waals surface area (Å²) in [4.78, 5) is 0. The van der Waals surface area contributed by atoms with E-state index in [2.05, 4.69) is 37.0 Å². The monoisotopic (exact) mass is 277 g/mol. The van der Waals surface area contributed by atoms with Crippen LogP contribution in [0.3, 0.4) is 0 Å². The van der Waals surface area contributed by atoms with Gasteiger partial charge in [-0.1, -0.05) is 11.8 Å². The average Bonchev–Trinajstić information content (AvgIpc) is 2.09. The summed E-state index contributed by atoms with van der Waals surface area (Å²) < 4.78 is 0.848. The normalized spacial score (nSPS) is 30.5. The molecule has 0 N–H and O–H groups in total. The first-order chi connectivity index (χ1) is 5.88. The molecule has 2 atom stereocenters. The first kappa shape index (κ1) is 12.2. The molecule has 2 unspecified atom stereocenters. The Hall–Kier alpha value is 2.10. The van der Waals surface area contributed by atoms with Crippen molar-refractivity contribution in [1.82, 2.24) is 0 Å². The number of rotatable bonds is 4. The molecule has 1 fully saturated rings. The fourth-order valence-corrected chi connectivity index (χ4v) is 11.5. The molecule has 1 heterocycles. The van der Waals surface area contributed by atoms with Gasteiger partial charge in [0.25, 0.3) is 0 Å². The Kier molecular flexibility index (Phi) is 7.50. The highest BCUT2D eigenvalue weighted by atomic mass is 33.1. The zero-order valence-corrected chi connectivity index (χ0v) is 11.7. The van der Waals surface area contributed by atoms with E-state index < -0.39 is 0 Å². The lowest BCUT2D eigenvalue weighted by Gasteiger charge is -2.19. The molecule has 0 spiro atoms. The molecule has 0 saturated carbocycles. The summed E-state index contributed by atoms with van der Waals surface area (Å²) in [6, 6.07) is 0. The van der Waals surface area contributed by atoms with Gasteiger partial charge in [-0.2, -0.15) is 25.3 Å². The third-order valence-electron chi connectivity index (χ3n) is 1.46. The maximum absolute atomic E-state index is 4.27. The van der Waals surface area contributed by atoms with Gasteiger partial charge < -0.3 is 0 Å². The van der Waals surface area contributed by atoms with E-state index >= 15 is 0 Å². The van der Waals surface area contributed by atoms with Crippen LogP contribution in [0.25, 0.3) is 0 Å². The molecule has 0 aromatic rings. The molecule has 0 aromatic heterocycles. The molecule has 1 rings (SSSR count). The molecule has 0 aromatic carbocycles. The van der Waals surface area contributed by atoms with Gasteiger partial charge in [0.2, 0.25) is 0 Å². The molecule has 0 amide bonds. The summed E-state index contributed by atoms with van der Waals surface area (Å²) >= 11 is 12.6. The molecule has 72 valence electrons. The lowest BCUT2D eigenvalue weighted by atomic mass is 10.6. The zero-order chi connectivity index (χ0) is 8.81. The van der Waals surface area contributed by atoms with Crippen LogP contribution in [0.1, 0.15) is 6.42 Å². The molecule has 6 heteroatoms. The zero-order valence-electron chi connectivity index (χ0n) is 6.64. The van der Waals surface area contributed by atoms with Crippen molar-refractivity contribution in [2.75, 3.05) is 21.0 Å². The molecule has 1 aliphatic rings. The summed E-state index contributed by atoms with van der Waals surface area (Å²) in [5, 5.41) is 3.26. The SMILES string of the molecule is SCSC1CCSC[S+]1SCS. The summed E-state index contributed by atoms with van der Waals surface area (Å²) in [5.74, 6) is 1.34. The molecule has 0 aliphatic carbocycles. The second-order valence-corrected chi connectivity index (χ2v) is 10.8. The summed E-state index contributed by atoms with van der Waals surface area (Å²) in [5.41, 5.74) is 0. The van der Waals surface area contributed by atoms with Crippen molar-refractivity contribution in [3.05, 3.63) is 0 Å². The Labute approximate surface area is 101 Å². The maximum Gasteiger partial charge on any atom is 0.178 e. The Bertz CT molecular complexity index is 101. The highest BCUT2D eigenvalue weighted by molar-refractivity contribution is 8.78. The predicted molar refractivity (Wildman–Crippen MR) is 76.0 cm³/mol. The van der Waals surface area contributed by atoms with Crippen molar-refractivity contribution in [2.45, 2.75) is 11.0 Å². The van der Waals surface area contributed by atoms with E-state index in [0.717, 1.165) is 14.8 Å². The van der Waals surface area contributed by atoms with Crippen molar-refractivity contribution < 1.29 is 0 Å². The lowest BCUT2D eigenvalue weighted by molar-refractivity contribution is 1.07. The van der Waals surface area contributed by atoms with Gasteiger partial charge in [0.1, 0.15) is 10.8 Å². The molecular weight excluding hydrogens is 264 g/mol. The van der Waals surface area contributed by atoms with E-state index in [-0.39, 0.29) is 0 Å². The molecule has 12 heavy (non-hydrogen) atoms. The second-order valence-electron chi connectivity index (χ2n) is 2.17. The first-order valence-corrected chi connectivity index (χ1v) is 10.0. The third kappa shape index (κ3) is 4.09. The van der Waals surface area contributed by atoms with E-state index in [1.165, 1.54) is 17.3 Å². The highest BCUT2D eigenvalue weighted by Gasteiger charge is 2.35. The Balaban J connectivity index is 2.31. The minimum Gasteiger partial charge on any atom is -0.168 e. The molecule has 0 nitrogen and oxygen atoms in total. The minimum absolute atomic E-state index is 0.535. The average molecular weight is 278 g/mol. The largest absolute Gasteiger partial charge is 0.178 e. The highest BCUT2D eigenvalue weighted by Crippen LogP contribution is 2.39. The summed E-state index contributed by atoms with van der Waals surface area (Å²) in [6.45, 7) is 0. The quantitative estimate of drug-likeness (QED) is 0.351. The van der Waals surface area contributed by atoms with Crippen LogP contribution >= 0.6 is 59.6 Å². The van der Waals surface area contributed by atoms with E-state index in [4.69, 9.17) is 0 Å². The Morgan fingerprint density at radius 1 is 1.42 bits per heavy atom.